The summed E-state index contributed by atoms with van der Waals surface area (Å²) in [6.07, 6.45) is 18.4. The van der Waals surface area contributed by atoms with E-state index in [1.165, 1.54) is 7.11 Å². The van der Waals surface area contributed by atoms with Gasteiger partial charge < -0.3 is 20.0 Å². The summed E-state index contributed by atoms with van der Waals surface area (Å²) < 4.78 is 8.21. The minimum absolute atomic E-state index is 0. The Bertz CT molecular complexity index is 242. The molecule has 1 amide bonds. The Labute approximate surface area is 142 Å². The number of carbonyl (C=O) groups excluding carboxylic acids is 1. The van der Waals surface area contributed by atoms with Gasteiger partial charge in [0.2, 0.25) is 6.09 Å². The maximum Gasteiger partial charge on any atom is 3.00 e. The number of aliphatic hydroxyl groups excluding tert-OH is 1. The minimum Gasteiger partial charge on any atom is -0.503 e. The molecule has 2 rings (SSSR count). The molecular weight excluding hydrogens is 308 g/mol. The maximum absolute atomic E-state index is 10.2. The molecule has 0 aliphatic heterocycles. The molecule has 2 fully saturated rings. The third-order valence-electron chi connectivity index (χ3n) is 1.69. The van der Waals surface area contributed by atoms with E-state index in [9.17, 15) is 4.79 Å². The zero-order valence-corrected chi connectivity index (χ0v) is 13.4. The Hall–Kier alpha value is -0.746. The van der Waals surface area contributed by atoms with Crippen molar-refractivity contribution in [1.29, 1.82) is 0 Å². The van der Waals surface area contributed by atoms with E-state index in [1.807, 2.05) is 64.2 Å². The molecule has 2 saturated carbocycles. The van der Waals surface area contributed by atoms with Gasteiger partial charge >= 0.3 is 27.8 Å². The standard InChI is InChI=1S/2C5H5.C4H8N2O4.Ti/c2*1-2-4-5-3-1;1-9-3(7)5-6-4(8)10-2;/h2*1-5H;1-2H3,(H2,5,6,7,8);/q;;;+3/p-1. The number of methoxy groups -OCH3 is 2. The molecule has 109 valence electrons. The van der Waals surface area contributed by atoms with Crippen molar-refractivity contribution >= 4 is 12.2 Å². The zero-order valence-electron chi connectivity index (χ0n) is 11.8. The number of hydrogen-bond acceptors (Lipinski definition) is 4. The van der Waals surface area contributed by atoms with E-state index in [2.05, 4.69) is 20.0 Å². The van der Waals surface area contributed by atoms with Crippen molar-refractivity contribution in [3.63, 3.8) is 0 Å². The van der Waals surface area contributed by atoms with Crippen molar-refractivity contribution in [2.45, 2.75) is 0 Å². The van der Waals surface area contributed by atoms with E-state index in [1.54, 1.807) is 0 Å². The predicted octanol–water partition coefficient (Wildman–Crippen LogP) is 2.64. The van der Waals surface area contributed by atoms with Gasteiger partial charge in [0, 0.05) is 0 Å². The van der Waals surface area contributed by atoms with Crippen LogP contribution in [0.15, 0.2) is 5.10 Å². The van der Waals surface area contributed by atoms with Gasteiger partial charge in [-0.3, -0.25) is 9.90 Å². The van der Waals surface area contributed by atoms with Gasteiger partial charge in [-0.1, -0.05) is 0 Å². The number of hydrogen-bond donors (Lipinski definition) is 1. The number of amides is 1. The number of ether oxygens (including phenoxy) is 2. The molecule has 0 aromatic heterocycles. The second-order valence-electron chi connectivity index (χ2n) is 3.08. The Balaban J connectivity index is 0. The number of nitrogens with zero attached hydrogens (tertiary/aromatic N) is 2. The monoisotopic (exact) mass is 325 g/mol. The number of aliphatic hydroxyl groups is 1. The molecule has 0 atom stereocenters. The van der Waals surface area contributed by atoms with Crippen LogP contribution in [0.25, 0.3) is 5.43 Å². The van der Waals surface area contributed by atoms with Crippen molar-refractivity contribution < 1.29 is 41.1 Å². The van der Waals surface area contributed by atoms with Crippen molar-refractivity contribution in [1.82, 2.24) is 0 Å². The van der Waals surface area contributed by atoms with Gasteiger partial charge in [-0.15, -0.1) is 0 Å². The molecule has 21 heavy (non-hydrogen) atoms. The molecule has 0 aromatic carbocycles. The van der Waals surface area contributed by atoms with E-state index in [-0.39, 0.29) is 21.7 Å². The first-order valence-corrected chi connectivity index (χ1v) is 5.63. The summed E-state index contributed by atoms with van der Waals surface area (Å²) in [5.41, 5.74) is 2.87. The van der Waals surface area contributed by atoms with Crippen LogP contribution in [0, 0.1) is 64.2 Å². The SMILES string of the molecule is COC(=O)[N-]/N=C(\O)OC.[CH]1[CH][CH][CH][CH]1.[CH]1[CH][CH][CH][CH]1.[Ti+3]. The normalized spacial score (nSPS) is 16.4. The quantitative estimate of drug-likeness (QED) is 0.348. The van der Waals surface area contributed by atoms with Crippen molar-refractivity contribution in [2.75, 3.05) is 14.2 Å². The van der Waals surface area contributed by atoms with E-state index >= 15 is 0 Å². The fraction of sp³-hybridized carbons (Fsp3) is 0.143. The molecule has 2 aliphatic rings. The molecule has 0 saturated heterocycles. The average Bonchev–Trinajstić information content (AvgIpc) is 3.21. The smallest absolute Gasteiger partial charge is 0.503 e. The predicted molar refractivity (Wildman–Crippen MR) is 75.8 cm³/mol. The number of carbonyl (C=O) groups is 1. The molecule has 1 N–H and O–H groups in total. The summed E-state index contributed by atoms with van der Waals surface area (Å²) in [4.78, 5) is 10.2. The Morgan fingerprint density at radius 3 is 1.43 bits per heavy atom. The molecule has 0 unspecified atom stereocenters. The molecule has 6 nitrogen and oxygen atoms in total. The Morgan fingerprint density at radius 2 is 1.19 bits per heavy atom. The largest absolute Gasteiger partial charge is 3.00 e. The van der Waals surface area contributed by atoms with Gasteiger partial charge in [-0.25, -0.2) is 0 Å². The van der Waals surface area contributed by atoms with Crippen LogP contribution >= 0.6 is 0 Å². The third kappa shape index (κ3) is 17.2. The van der Waals surface area contributed by atoms with Gasteiger partial charge in [0.15, 0.2) is 0 Å². The minimum atomic E-state index is -0.899. The second-order valence-corrected chi connectivity index (χ2v) is 3.08. The molecule has 11 radical (unpaired) electrons. The molecule has 2 aliphatic carbocycles. The second kappa shape index (κ2) is 17.3. The summed E-state index contributed by atoms with van der Waals surface area (Å²) >= 11 is 0. The fourth-order valence-electron chi connectivity index (χ4n) is 0.807. The molecular formula is C14H17N2O4Ti+2. The molecule has 7 heteroatoms. The van der Waals surface area contributed by atoms with Crippen LogP contribution < -0.4 is 0 Å². The first kappa shape index (κ1) is 22.5. The average molecular weight is 325 g/mol. The van der Waals surface area contributed by atoms with Gasteiger partial charge in [0.05, 0.1) is 14.2 Å². The summed E-state index contributed by atoms with van der Waals surface area (Å²) in [5, 5.41) is 11.3. The van der Waals surface area contributed by atoms with Crippen LogP contribution in [0.1, 0.15) is 0 Å². The zero-order chi connectivity index (χ0) is 15.1. The van der Waals surface area contributed by atoms with Crippen LogP contribution in [0.2, 0.25) is 0 Å². The van der Waals surface area contributed by atoms with Crippen LogP contribution in [0.5, 0.6) is 0 Å². The molecule has 0 bridgehead atoms. The van der Waals surface area contributed by atoms with Crippen LogP contribution in [0.3, 0.4) is 0 Å². The van der Waals surface area contributed by atoms with Crippen molar-refractivity contribution in [3.05, 3.63) is 69.6 Å². The van der Waals surface area contributed by atoms with Crippen LogP contribution in [0.4, 0.5) is 4.79 Å². The molecule has 0 heterocycles. The maximum atomic E-state index is 10.2. The summed E-state index contributed by atoms with van der Waals surface area (Å²) in [7, 11) is 2.33. The summed E-state index contributed by atoms with van der Waals surface area (Å²) in [5.74, 6) is 0. The van der Waals surface area contributed by atoms with Gasteiger partial charge in [-0.2, -0.15) is 0 Å². The first-order valence-electron chi connectivity index (χ1n) is 5.63. The van der Waals surface area contributed by atoms with Gasteiger partial charge in [-0.05, 0) is 64.2 Å². The van der Waals surface area contributed by atoms with E-state index in [0.29, 0.717) is 0 Å². The molecule has 0 aromatic rings. The molecule has 0 spiro atoms. The van der Waals surface area contributed by atoms with E-state index in [4.69, 9.17) is 5.11 Å². The topological polar surface area (TPSA) is 82.2 Å². The summed E-state index contributed by atoms with van der Waals surface area (Å²) in [6, 6.07) is 0. The van der Waals surface area contributed by atoms with Gasteiger partial charge in [0.25, 0.3) is 0 Å². The van der Waals surface area contributed by atoms with Crippen LogP contribution in [-0.2, 0) is 31.2 Å². The first-order chi connectivity index (χ1) is 9.70. The van der Waals surface area contributed by atoms with Gasteiger partial charge in [0.1, 0.15) is 0 Å². The number of rotatable bonds is 1. The third-order valence-corrected chi connectivity index (χ3v) is 1.69. The Kier molecular flexibility index (Phi) is 18.6. The van der Waals surface area contributed by atoms with Crippen LogP contribution in [-0.4, -0.2) is 31.5 Å². The van der Waals surface area contributed by atoms with Crippen molar-refractivity contribution in [3.8, 4) is 0 Å². The van der Waals surface area contributed by atoms with Crippen molar-refractivity contribution in [2.24, 2.45) is 5.10 Å². The van der Waals surface area contributed by atoms with E-state index in [0.717, 1.165) is 7.11 Å². The summed E-state index contributed by atoms with van der Waals surface area (Å²) in [6.45, 7) is 0. The fourth-order valence-corrected chi connectivity index (χ4v) is 0.807. The Morgan fingerprint density at radius 1 is 0.857 bits per heavy atom. The van der Waals surface area contributed by atoms with E-state index < -0.39 is 12.2 Å².